The highest BCUT2D eigenvalue weighted by Crippen LogP contribution is 2.37. The Morgan fingerprint density at radius 3 is 2.57 bits per heavy atom. The van der Waals surface area contributed by atoms with Crippen molar-refractivity contribution >= 4 is 5.78 Å². The van der Waals surface area contributed by atoms with Gasteiger partial charge in [-0.05, 0) is 32.6 Å². The normalized spacial score (nSPS) is 22.4. The van der Waals surface area contributed by atoms with E-state index in [0.717, 1.165) is 26.1 Å². The van der Waals surface area contributed by atoms with Crippen molar-refractivity contribution in [2.75, 3.05) is 13.2 Å². The summed E-state index contributed by atoms with van der Waals surface area (Å²) in [5.74, 6) is 0.408. The molecule has 0 spiro atoms. The number of Topliss-reactive ketones (excluding diaryl/α,β-unsaturated/α-hetero) is 1. The van der Waals surface area contributed by atoms with Crippen molar-refractivity contribution in [2.45, 2.75) is 33.1 Å². The highest BCUT2D eigenvalue weighted by Gasteiger charge is 2.36. The summed E-state index contributed by atoms with van der Waals surface area (Å²) >= 11 is 0. The number of hydrogen-bond acceptors (Lipinski definition) is 3. The molecule has 78 valence electrons. The second kappa shape index (κ2) is 4.56. The van der Waals surface area contributed by atoms with Gasteiger partial charge in [0.1, 0.15) is 5.78 Å². The Morgan fingerprint density at radius 2 is 2.14 bits per heavy atom. The molecule has 14 heavy (non-hydrogen) atoms. The molecule has 3 nitrogen and oxygen atoms in total. The van der Waals surface area contributed by atoms with Crippen LogP contribution in [0.15, 0.2) is 0 Å². The number of nitriles is 1. The van der Waals surface area contributed by atoms with Crippen molar-refractivity contribution in [1.29, 1.82) is 5.26 Å². The number of carbonyl (C=O) groups excluding carboxylic acids is 1. The van der Waals surface area contributed by atoms with Crippen molar-refractivity contribution in [3.63, 3.8) is 0 Å². The minimum absolute atomic E-state index is 0.0977. The fourth-order valence-corrected chi connectivity index (χ4v) is 2.13. The van der Waals surface area contributed by atoms with E-state index in [1.165, 1.54) is 0 Å². The highest BCUT2D eigenvalue weighted by molar-refractivity contribution is 5.76. The van der Waals surface area contributed by atoms with Crippen LogP contribution in [-0.2, 0) is 9.53 Å². The van der Waals surface area contributed by atoms with Gasteiger partial charge in [0.25, 0.3) is 0 Å². The number of carbonyl (C=O) groups is 1. The molecule has 3 heteroatoms. The second-order valence-electron chi connectivity index (χ2n) is 4.29. The van der Waals surface area contributed by atoms with Gasteiger partial charge in [0.15, 0.2) is 0 Å². The first kappa shape index (κ1) is 11.2. The Bertz CT molecular complexity index is 251. The van der Waals surface area contributed by atoms with E-state index in [2.05, 4.69) is 6.07 Å². The Labute approximate surface area is 85.1 Å². The molecule has 0 saturated carbocycles. The van der Waals surface area contributed by atoms with E-state index in [0.29, 0.717) is 12.3 Å². The predicted molar refractivity (Wildman–Crippen MR) is 52.6 cm³/mol. The van der Waals surface area contributed by atoms with E-state index in [1.807, 2.05) is 6.92 Å². The summed E-state index contributed by atoms with van der Waals surface area (Å²) in [4.78, 5) is 11.1. The Kier molecular flexibility index (Phi) is 3.65. The van der Waals surface area contributed by atoms with Crippen molar-refractivity contribution in [2.24, 2.45) is 11.3 Å². The fraction of sp³-hybridized carbons (Fsp3) is 0.818. The third-order valence-electron chi connectivity index (χ3n) is 2.99. The summed E-state index contributed by atoms with van der Waals surface area (Å²) in [5.41, 5.74) is -0.490. The van der Waals surface area contributed by atoms with E-state index < -0.39 is 5.41 Å². The van der Waals surface area contributed by atoms with Crippen molar-refractivity contribution in [3.8, 4) is 6.07 Å². The van der Waals surface area contributed by atoms with Crippen LogP contribution < -0.4 is 0 Å². The zero-order valence-electron chi connectivity index (χ0n) is 8.88. The zero-order valence-corrected chi connectivity index (χ0v) is 8.88. The average Bonchev–Trinajstić information content (AvgIpc) is 2.18. The van der Waals surface area contributed by atoms with E-state index in [9.17, 15) is 4.79 Å². The quantitative estimate of drug-likeness (QED) is 0.691. The van der Waals surface area contributed by atoms with Crippen LogP contribution in [0.25, 0.3) is 0 Å². The smallest absolute Gasteiger partial charge is 0.131 e. The van der Waals surface area contributed by atoms with Crippen LogP contribution >= 0.6 is 0 Å². The first-order valence-corrected chi connectivity index (χ1v) is 5.07. The van der Waals surface area contributed by atoms with Crippen LogP contribution in [-0.4, -0.2) is 19.0 Å². The van der Waals surface area contributed by atoms with Gasteiger partial charge in [0.05, 0.1) is 11.5 Å². The number of ether oxygens (including phenoxy) is 1. The summed E-state index contributed by atoms with van der Waals surface area (Å²) in [6.07, 6.45) is 2.17. The molecule has 1 aliphatic heterocycles. The van der Waals surface area contributed by atoms with E-state index in [1.54, 1.807) is 6.92 Å². The number of rotatable bonds is 3. The Balaban J connectivity index is 2.67. The van der Waals surface area contributed by atoms with Crippen molar-refractivity contribution in [3.05, 3.63) is 0 Å². The third-order valence-corrected chi connectivity index (χ3v) is 2.99. The highest BCUT2D eigenvalue weighted by atomic mass is 16.5. The van der Waals surface area contributed by atoms with Gasteiger partial charge in [-0.1, -0.05) is 0 Å². The average molecular weight is 195 g/mol. The maximum atomic E-state index is 11.1. The molecule has 0 aromatic heterocycles. The van der Waals surface area contributed by atoms with E-state index in [4.69, 9.17) is 10.00 Å². The lowest BCUT2D eigenvalue weighted by Gasteiger charge is -2.33. The molecule has 1 heterocycles. The predicted octanol–water partition coefficient (Wildman–Crippen LogP) is 1.92. The van der Waals surface area contributed by atoms with Gasteiger partial charge in [0, 0.05) is 19.6 Å². The summed E-state index contributed by atoms with van der Waals surface area (Å²) in [5, 5.41) is 9.14. The molecular formula is C11H17NO2. The van der Waals surface area contributed by atoms with E-state index >= 15 is 0 Å². The van der Waals surface area contributed by atoms with Gasteiger partial charge in [-0.15, -0.1) is 0 Å². The minimum Gasteiger partial charge on any atom is -0.381 e. The fourth-order valence-electron chi connectivity index (χ4n) is 2.13. The first-order valence-electron chi connectivity index (χ1n) is 5.07. The second-order valence-corrected chi connectivity index (χ2v) is 4.29. The van der Waals surface area contributed by atoms with E-state index in [-0.39, 0.29) is 5.78 Å². The van der Waals surface area contributed by atoms with Gasteiger partial charge in [-0.25, -0.2) is 0 Å². The van der Waals surface area contributed by atoms with Crippen molar-refractivity contribution in [1.82, 2.24) is 0 Å². The standard InChI is InChI=1S/C11H17NO2/c1-9(13)7-11(2,8-12)10-3-5-14-6-4-10/h10H,3-7H2,1-2H3. The summed E-state index contributed by atoms with van der Waals surface area (Å²) < 4.78 is 5.25. The van der Waals surface area contributed by atoms with Crippen LogP contribution in [0.5, 0.6) is 0 Å². The molecule has 0 aliphatic carbocycles. The van der Waals surface area contributed by atoms with Gasteiger partial charge in [-0.2, -0.15) is 5.26 Å². The zero-order chi connectivity index (χ0) is 10.6. The molecule has 1 saturated heterocycles. The summed E-state index contributed by atoms with van der Waals surface area (Å²) in [6, 6.07) is 2.30. The maximum absolute atomic E-state index is 11.1. The minimum atomic E-state index is -0.490. The Hall–Kier alpha value is -0.880. The molecule has 1 fully saturated rings. The third kappa shape index (κ3) is 2.55. The molecule has 1 aliphatic rings. The van der Waals surface area contributed by atoms with Crippen molar-refractivity contribution < 1.29 is 9.53 Å². The monoisotopic (exact) mass is 195 g/mol. The lowest BCUT2D eigenvalue weighted by Crippen LogP contribution is -2.32. The molecular weight excluding hydrogens is 178 g/mol. The lowest BCUT2D eigenvalue weighted by molar-refractivity contribution is -0.119. The molecule has 0 aromatic carbocycles. The first-order chi connectivity index (χ1) is 6.58. The molecule has 1 unspecified atom stereocenters. The van der Waals surface area contributed by atoms with Crippen LogP contribution in [0.2, 0.25) is 0 Å². The maximum Gasteiger partial charge on any atom is 0.131 e. The summed E-state index contributed by atoms with van der Waals surface area (Å²) in [6.45, 7) is 4.89. The molecule has 0 amide bonds. The molecule has 0 bridgehead atoms. The van der Waals surface area contributed by atoms with Crippen LogP contribution in [0.4, 0.5) is 0 Å². The van der Waals surface area contributed by atoms with Crippen LogP contribution in [0.3, 0.4) is 0 Å². The van der Waals surface area contributed by atoms with Crippen LogP contribution in [0, 0.1) is 22.7 Å². The van der Waals surface area contributed by atoms with Gasteiger partial charge in [0.2, 0.25) is 0 Å². The molecule has 1 atom stereocenters. The topological polar surface area (TPSA) is 50.1 Å². The molecule has 1 rings (SSSR count). The Morgan fingerprint density at radius 1 is 1.57 bits per heavy atom. The largest absolute Gasteiger partial charge is 0.381 e. The summed E-state index contributed by atoms with van der Waals surface area (Å²) in [7, 11) is 0. The lowest BCUT2D eigenvalue weighted by atomic mass is 9.71. The van der Waals surface area contributed by atoms with Gasteiger partial charge >= 0.3 is 0 Å². The van der Waals surface area contributed by atoms with Gasteiger partial charge < -0.3 is 4.74 Å². The number of nitrogens with zero attached hydrogens (tertiary/aromatic N) is 1. The molecule has 0 N–H and O–H groups in total. The van der Waals surface area contributed by atoms with Crippen LogP contribution in [0.1, 0.15) is 33.1 Å². The van der Waals surface area contributed by atoms with Gasteiger partial charge in [-0.3, -0.25) is 4.79 Å². The number of ketones is 1. The SMILES string of the molecule is CC(=O)CC(C)(C#N)C1CCOCC1. The molecule has 0 aromatic rings. The molecule has 0 radical (unpaired) electrons. The number of hydrogen-bond donors (Lipinski definition) is 0.